The summed E-state index contributed by atoms with van der Waals surface area (Å²) in [7, 11) is 0. The zero-order valence-corrected chi connectivity index (χ0v) is 9.82. The van der Waals surface area contributed by atoms with E-state index in [1.165, 1.54) is 0 Å². The molecule has 1 heterocycles. The molecule has 92 valence electrons. The minimum atomic E-state index is -0.248. The Kier molecular flexibility index (Phi) is 3.82. The molecule has 4 nitrogen and oxygen atoms in total. The van der Waals surface area contributed by atoms with Crippen LogP contribution < -0.4 is 5.32 Å². The zero-order chi connectivity index (χ0) is 11.5. The predicted molar refractivity (Wildman–Crippen MR) is 60.0 cm³/mol. The molecule has 1 aliphatic heterocycles. The largest absolute Gasteiger partial charge is 0.393 e. The number of hydrogen-bond acceptors (Lipinski definition) is 3. The van der Waals surface area contributed by atoms with Gasteiger partial charge in [-0.15, -0.1) is 0 Å². The number of ether oxygens (including phenoxy) is 1. The van der Waals surface area contributed by atoms with E-state index in [0.717, 1.165) is 38.5 Å². The molecule has 1 saturated heterocycles. The molecule has 0 spiro atoms. The molecule has 0 aromatic carbocycles. The van der Waals surface area contributed by atoms with Gasteiger partial charge in [-0.3, -0.25) is 4.79 Å². The lowest BCUT2D eigenvalue weighted by Crippen LogP contribution is -2.43. The van der Waals surface area contributed by atoms with Crippen LogP contribution in [-0.2, 0) is 9.53 Å². The zero-order valence-electron chi connectivity index (χ0n) is 9.82. The summed E-state index contributed by atoms with van der Waals surface area (Å²) in [5, 5.41) is 12.4. The number of rotatable bonds is 2. The summed E-state index contributed by atoms with van der Waals surface area (Å²) in [6.07, 6.45) is 4.97. The number of amides is 1. The van der Waals surface area contributed by atoms with Crippen molar-refractivity contribution in [2.24, 2.45) is 0 Å². The lowest BCUT2D eigenvalue weighted by atomic mass is 9.93. The van der Waals surface area contributed by atoms with Gasteiger partial charge in [0.15, 0.2) is 0 Å². The van der Waals surface area contributed by atoms with Crippen molar-refractivity contribution in [2.45, 2.75) is 69.8 Å². The van der Waals surface area contributed by atoms with Gasteiger partial charge in [0.2, 0.25) is 5.91 Å². The second kappa shape index (κ2) is 5.15. The molecule has 2 atom stereocenters. The van der Waals surface area contributed by atoms with Gasteiger partial charge >= 0.3 is 0 Å². The first-order chi connectivity index (χ1) is 7.65. The number of aliphatic hydroxyl groups is 1. The fraction of sp³-hybridized carbons (Fsp3) is 0.917. The minimum Gasteiger partial charge on any atom is -0.393 e. The summed E-state index contributed by atoms with van der Waals surface area (Å²) < 4.78 is 5.52. The monoisotopic (exact) mass is 227 g/mol. The summed E-state index contributed by atoms with van der Waals surface area (Å²) in [6.45, 7) is 2.00. The fourth-order valence-corrected chi connectivity index (χ4v) is 2.51. The van der Waals surface area contributed by atoms with E-state index in [1.807, 2.05) is 6.92 Å². The van der Waals surface area contributed by atoms with Crippen LogP contribution in [0.15, 0.2) is 0 Å². The Bertz CT molecular complexity index is 249. The Balaban J connectivity index is 1.75. The molecule has 2 N–H and O–H groups in total. The first-order valence-electron chi connectivity index (χ1n) is 6.29. The summed E-state index contributed by atoms with van der Waals surface area (Å²) in [6, 6.07) is 0.232. The Labute approximate surface area is 96.4 Å². The van der Waals surface area contributed by atoms with Crippen LogP contribution in [0.2, 0.25) is 0 Å². The number of carbonyl (C=O) groups excluding carboxylic acids is 1. The van der Waals surface area contributed by atoms with Gasteiger partial charge in [-0.25, -0.2) is 0 Å². The normalized spacial score (nSPS) is 39.6. The smallest absolute Gasteiger partial charge is 0.249 e. The van der Waals surface area contributed by atoms with Crippen molar-refractivity contribution in [1.29, 1.82) is 0 Å². The Hall–Kier alpha value is -0.610. The van der Waals surface area contributed by atoms with Gasteiger partial charge in [-0.05, 0) is 45.4 Å². The molecule has 0 radical (unpaired) electrons. The highest BCUT2D eigenvalue weighted by Gasteiger charge is 2.30. The van der Waals surface area contributed by atoms with Crippen molar-refractivity contribution in [2.75, 3.05) is 0 Å². The molecule has 0 aromatic heterocycles. The Morgan fingerprint density at radius 2 is 1.88 bits per heavy atom. The van der Waals surface area contributed by atoms with Gasteiger partial charge in [-0.1, -0.05) is 0 Å². The third-order valence-corrected chi connectivity index (χ3v) is 3.57. The minimum absolute atomic E-state index is 0.0331. The molecular formula is C12H21NO3. The SMILES string of the molecule is CC1CCC(C(=O)NC2CCC(O)CC2)O1. The van der Waals surface area contributed by atoms with Crippen molar-refractivity contribution < 1.29 is 14.6 Å². The highest BCUT2D eigenvalue weighted by atomic mass is 16.5. The van der Waals surface area contributed by atoms with Crippen molar-refractivity contribution >= 4 is 5.91 Å². The van der Waals surface area contributed by atoms with Crippen LogP contribution in [0.1, 0.15) is 45.4 Å². The van der Waals surface area contributed by atoms with Gasteiger partial charge in [0, 0.05) is 6.04 Å². The average molecular weight is 227 g/mol. The van der Waals surface area contributed by atoms with Crippen LogP contribution in [0, 0.1) is 0 Å². The maximum atomic E-state index is 11.8. The number of hydrogen-bond donors (Lipinski definition) is 2. The van der Waals surface area contributed by atoms with E-state index < -0.39 is 0 Å². The Morgan fingerprint density at radius 1 is 1.19 bits per heavy atom. The molecule has 2 unspecified atom stereocenters. The number of aliphatic hydroxyl groups excluding tert-OH is 1. The van der Waals surface area contributed by atoms with Crippen LogP contribution >= 0.6 is 0 Å². The summed E-state index contributed by atoms with van der Waals surface area (Å²) in [5.74, 6) is 0.0331. The van der Waals surface area contributed by atoms with E-state index in [2.05, 4.69) is 5.32 Å². The van der Waals surface area contributed by atoms with Gasteiger partial charge in [0.1, 0.15) is 6.10 Å². The topological polar surface area (TPSA) is 58.6 Å². The highest BCUT2D eigenvalue weighted by molar-refractivity contribution is 5.81. The lowest BCUT2D eigenvalue weighted by molar-refractivity contribution is -0.132. The lowest BCUT2D eigenvalue weighted by Gasteiger charge is -2.27. The van der Waals surface area contributed by atoms with Crippen molar-refractivity contribution in [3.8, 4) is 0 Å². The molecule has 2 aliphatic rings. The van der Waals surface area contributed by atoms with E-state index in [1.54, 1.807) is 0 Å². The molecule has 1 amide bonds. The van der Waals surface area contributed by atoms with Crippen molar-refractivity contribution in [1.82, 2.24) is 5.32 Å². The second-order valence-electron chi connectivity index (χ2n) is 5.03. The molecule has 1 aliphatic carbocycles. The predicted octanol–water partition coefficient (Wildman–Crippen LogP) is 0.974. The fourth-order valence-electron chi connectivity index (χ4n) is 2.51. The summed E-state index contributed by atoms with van der Waals surface area (Å²) in [5.41, 5.74) is 0. The molecular weight excluding hydrogens is 206 g/mol. The van der Waals surface area contributed by atoms with Crippen molar-refractivity contribution in [3.63, 3.8) is 0 Å². The number of carbonyl (C=O) groups is 1. The van der Waals surface area contributed by atoms with E-state index >= 15 is 0 Å². The van der Waals surface area contributed by atoms with Crippen LogP contribution in [0.4, 0.5) is 0 Å². The van der Waals surface area contributed by atoms with E-state index in [9.17, 15) is 9.90 Å². The molecule has 2 fully saturated rings. The standard InChI is InChI=1S/C12H21NO3/c1-8-2-7-11(16-8)12(15)13-9-3-5-10(14)6-4-9/h8-11,14H,2-7H2,1H3,(H,13,15). The molecule has 4 heteroatoms. The van der Waals surface area contributed by atoms with Crippen molar-refractivity contribution in [3.05, 3.63) is 0 Å². The van der Waals surface area contributed by atoms with E-state index in [4.69, 9.17) is 4.74 Å². The third kappa shape index (κ3) is 2.95. The first-order valence-corrected chi connectivity index (χ1v) is 6.29. The van der Waals surface area contributed by atoms with E-state index in [-0.39, 0.29) is 30.3 Å². The second-order valence-corrected chi connectivity index (χ2v) is 5.03. The maximum absolute atomic E-state index is 11.8. The highest BCUT2D eigenvalue weighted by Crippen LogP contribution is 2.21. The average Bonchev–Trinajstić information content (AvgIpc) is 2.68. The maximum Gasteiger partial charge on any atom is 0.249 e. The van der Waals surface area contributed by atoms with E-state index in [0.29, 0.717) is 0 Å². The Morgan fingerprint density at radius 3 is 2.44 bits per heavy atom. The van der Waals surface area contributed by atoms with Crippen LogP contribution in [0.5, 0.6) is 0 Å². The van der Waals surface area contributed by atoms with Gasteiger partial charge < -0.3 is 15.2 Å². The van der Waals surface area contributed by atoms with Gasteiger partial charge in [0.05, 0.1) is 12.2 Å². The van der Waals surface area contributed by atoms with Crippen LogP contribution in [0.25, 0.3) is 0 Å². The molecule has 0 bridgehead atoms. The van der Waals surface area contributed by atoms with Crippen LogP contribution in [-0.4, -0.2) is 35.4 Å². The quantitative estimate of drug-likeness (QED) is 0.739. The molecule has 1 saturated carbocycles. The van der Waals surface area contributed by atoms with Gasteiger partial charge in [0.25, 0.3) is 0 Å². The summed E-state index contributed by atoms with van der Waals surface area (Å²) >= 11 is 0. The molecule has 16 heavy (non-hydrogen) atoms. The number of nitrogens with one attached hydrogen (secondary N) is 1. The van der Waals surface area contributed by atoms with Gasteiger partial charge in [-0.2, -0.15) is 0 Å². The van der Waals surface area contributed by atoms with Crippen LogP contribution in [0.3, 0.4) is 0 Å². The first kappa shape index (κ1) is 11.9. The molecule has 2 rings (SSSR count). The molecule has 0 aromatic rings. The summed E-state index contributed by atoms with van der Waals surface area (Å²) in [4.78, 5) is 11.8. The third-order valence-electron chi connectivity index (χ3n) is 3.57.